The van der Waals surface area contributed by atoms with E-state index in [0.29, 0.717) is 0 Å². The van der Waals surface area contributed by atoms with Crippen LogP contribution in [0.5, 0.6) is 11.5 Å². The molecule has 0 saturated carbocycles. The van der Waals surface area contributed by atoms with Crippen LogP contribution in [0.4, 0.5) is 0 Å². The van der Waals surface area contributed by atoms with Crippen LogP contribution >= 0.6 is 0 Å². The summed E-state index contributed by atoms with van der Waals surface area (Å²) in [6.45, 7) is 6.46. The summed E-state index contributed by atoms with van der Waals surface area (Å²) >= 11 is 0. The van der Waals surface area contributed by atoms with E-state index in [0.717, 1.165) is 43.5 Å². The second-order valence-electron chi connectivity index (χ2n) is 8.78. The summed E-state index contributed by atoms with van der Waals surface area (Å²) in [5, 5.41) is 3.48. The Bertz CT molecular complexity index is 801. The molecular formula is C26H36N2O2. The average molecular weight is 409 g/mol. The number of likely N-dealkylation sites (tertiary alicyclic amines) is 1. The third kappa shape index (κ3) is 5.99. The Kier molecular flexibility index (Phi) is 7.65. The van der Waals surface area contributed by atoms with Gasteiger partial charge in [0.2, 0.25) is 0 Å². The first-order valence-corrected chi connectivity index (χ1v) is 11.6. The molecule has 30 heavy (non-hydrogen) atoms. The van der Waals surface area contributed by atoms with Gasteiger partial charge in [-0.1, -0.05) is 18.2 Å². The molecule has 4 rings (SSSR count). The normalized spacial score (nSPS) is 18.9. The molecule has 0 spiro atoms. The first-order chi connectivity index (χ1) is 14.8. The van der Waals surface area contributed by atoms with E-state index >= 15 is 0 Å². The highest BCUT2D eigenvalue weighted by Crippen LogP contribution is 2.29. The van der Waals surface area contributed by atoms with Gasteiger partial charge in [0, 0.05) is 13.1 Å². The van der Waals surface area contributed by atoms with Crippen molar-refractivity contribution in [2.75, 3.05) is 39.9 Å². The van der Waals surface area contributed by atoms with Crippen molar-refractivity contribution >= 4 is 0 Å². The molecule has 0 radical (unpaired) electrons. The maximum atomic E-state index is 6.03. The van der Waals surface area contributed by atoms with Crippen molar-refractivity contribution in [1.82, 2.24) is 10.2 Å². The van der Waals surface area contributed by atoms with Crippen LogP contribution < -0.4 is 14.8 Å². The van der Waals surface area contributed by atoms with E-state index < -0.39 is 0 Å². The molecule has 162 valence electrons. The molecule has 2 aliphatic rings. The fourth-order valence-electron chi connectivity index (χ4n) is 4.79. The third-order valence-corrected chi connectivity index (χ3v) is 6.45. The number of hydrogen-bond acceptors (Lipinski definition) is 4. The molecule has 2 aromatic carbocycles. The van der Waals surface area contributed by atoms with E-state index in [2.05, 4.69) is 40.5 Å². The first-order valence-electron chi connectivity index (χ1n) is 11.6. The summed E-state index contributed by atoms with van der Waals surface area (Å²) in [6.07, 6.45) is 7.54. The van der Waals surface area contributed by atoms with E-state index in [9.17, 15) is 0 Å². The Labute approximate surface area is 181 Å². The van der Waals surface area contributed by atoms with Crippen molar-refractivity contribution in [2.24, 2.45) is 5.92 Å². The van der Waals surface area contributed by atoms with Gasteiger partial charge in [-0.3, -0.25) is 0 Å². The Morgan fingerprint density at radius 3 is 2.80 bits per heavy atom. The molecule has 4 heteroatoms. The quantitative estimate of drug-likeness (QED) is 0.589. The standard InChI is InChI=1S/C26H36N2O2/c1-29-25-7-4-6-21(17-25)19-27-12-5-15-30-26-11-10-23-16-22(8-9-24(23)18-26)20-28-13-2-3-14-28/h4,6-7,10-11,17-18,22,27H,2-3,5,8-9,12-16,19-20H2,1H3. The number of rotatable bonds is 10. The van der Waals surface area contributed by atoms with Crippen LogP contribution in [-0.4, -0.2) is 44.8 Å². The van der Waals surface area contributed by atoms with Crippen LogP contribution in [0.15, 0.2) is 42.5 Å². The van der Waals surface area contributed by atoms with Gasteiger partial charge in [-0.2, -0.15) is 0 Å². The fourth-order valence-corrected chi connectivity index (χ4v) is 4.79. The van der Waals surface area contributed by atoms with Gasteiger partial charge >= 0.3 is 0 Å². The topological polar surface area (TPSA) is 33.7 Å². The zero-order chi connectivity index (χ0) is 20.6. The van der Waals surface area contributed by atoms with Crippen molar-refractivity contribution < 1.29 is 9.47 Å². The Morgan fingerprint density at radius 1 is 1.03 bits per heavy atom. The second kappa shape index (κ2) is 10.8. The van der Waals surface area contributed by atoms with Crippen molar-refractivity contribution in [3.63, 3.8) is 0 Å². The van der Waals surface area contributed by atoms with E-state index in [1.54, 1.807) is 7.11 Å². The van der Waals surface area contributed by atoms with Crippen LogP contribution in [0.2, 0.25) is 0 Å². The summed E-state index contributed by atoms with van der Waals surface area (Å²) in [4.78, 5) is 2.66. The SMILES string of the molecule is COc1cccc(CNCCCOc2ccc3c(c2)CCC(CN2CCCC2)C3)c1. The zero-order valence-corrected chi connectivity index (χ0v) is 18.4. The van der Waals surface area contributed by atoms with E-state index in [4.69, 9.17) is 9.47 Å². The molecule has 1 fully saturated rings. The lowest BCUT2D eigenvalue weighted by molar-refractivity contribution is 0.261. The van der Waals surface area contributed by atoms with Crippen LogP contribution in [0.3, 0.4) is 0 Å². The van der Waals surface area contributed by atoms with Gasteiger partial charge < -0.3 is 19.7 Å². The van der Waals surface area contributed by atoms with Crippen molar-refractivity contribution in [2.45, 2.75) is 45.1 Å². The Balaban J connectivity index is 1.15. The minimum Gasteiger partial charge on any atom is -0.497 e. The van der Waals surface area contributed by atoms with Crippen molar-refractivity contribution in [1.29, 1.82) is 0 Å². The summed E-state index contributed by atoms with van der Waals surface area (Å²) in [7, 11) is 1.71. The molecule has 1 aliphatic carbocycles. The van der Waals surface area contributed by atoms with Gasteiger partial charge in [0.25, 0.3) is 0 Å². The largest absolute Gasteiger partial charge is 0.497 e. The Morgan fingerprint density at radius 2 is 1.93 bits per heavy atom. The van der Waals surface area contributed by atoms with E-state index in [1.165, 1.54) is 68.4 Å². The minimum atomic E-state index is 0.751. The summed E-state index contributed by atoms with van der Waals surface area (Å²) in [5.41, 5.74) is 4.28. The Hall–Kier alpha value is -2.04. The van der Waals surface area contributed by atoms with Crippen molar-refractivity contribution in [3.8, 4) is 11.5 Å². The zero-order valence-electron chi connectivity index (χ0n) is 18.4. The number of aryl methyl sites for hydroxylation is 1. The van der Waals surface area contributed by atoms with Gasteiger partial charge in [-0.25, -0.2) is 0 Å². The summed E-state index contributed by atoms with van der Waals surface area (Å²) < 4.78 is 11.3. The number of fused-ring (bicyclic) bond motifs is 1. The summed E-state index contributed by atoms with van der Waals surface area (Å²) in [6, 6.07) is 15.0. The monoisotopic (exact) mass is 408 g/mol. The molecule has 1 atom stereocenters. The molecule has 1 unspecified atom stereocenters. The number of methoxy groups -OCH3 is 1. The van der Waals surface area contributed by atoms with Gasteiger partial charge in [0.15, 0.2) is 0 Å². The van der Waals surface area contributed by atoms with Gasteiger partial charge in [0.1, 0.15) is 11.5 Å². The molecule has 0 bridgehead atoms. The molecule has 4 nitrogen and oxygen atoms in total. The van der Waals surface area contributed by atoms with Crippen LogP contribution in [0, 0.1) is 5.92 Å². The number of hydrogen-bond donors (Lipinski definition) is 1. The number of nitrogens with one attached hydrogen (secondary N) is 1. The first kappa shape index (κ1) is 21.2. The van der Waals surface area contributed by atoms with Gasteiger partial charge in [-0.05, 0) is 105 Å². The predicted molar refractivity (Wildman–Crippen MR) is 122 cm³/mol. The number of nitrogens with zero attached hydrogens (tertiary/aromatic N) is 1. The lowest BCUT2D eigenvalue weighted by atomic mass is 9.83. The number of benzene rings is 2. The maximum Gasteiger partial charge on any atom is 0.119 e. The van der Waals surface area contributed by atoms with Gasteiger partial charge in [0.05, 0.1) is 13.7 Å². The molecule has 1 N–H and O–H groups in total. The van der Waals surface area contributed by atoms with Crippen LogP contribution in [0.1, 0.15) is 42.4 Å². The van der Waals surface area contributed by atoms with Gasteiger partial charge in [-0.15, -0.1) is 0 Å². The lowest BCUT2D eigenvalue weighted by Crippen LogP contribution is -2.30. The number of ether oxygens (including phenoxy) is 2. The van der Waals surface area contributed by atoms with Crippen molar-refractivity contribution in [3.05, 3.63) is 59.2 Å². The molecule has 0 amide bonds. The predicted octanol–water partition coefficient (Wildman–Crippen LogP) is 4.45. The van der Waals surface area contributed by atoms with Crippen LogP contribution in [0.25, 0.3) is 0 Å². The molecular weight excluding hydrogens is 372 g/mol. The van der Waals surface area contributed by atoms with Crippen LogP contribution in [-0.2, 0) is 19.4 Å². The highest BCUT2D eigenvalue weighted by atomic mass is 16.5. The molecule has 1 saturated heterocycles. The van der Waals surface area contributed by atoms with E-state index in [1.807, 2.05) is 12.1 Å². The molecule has 1 aliphatic heterocycles. The molecule has 0 aromatic heterocycles. The van der Waals surface area contributed by atoms with E-state index in [-0.39, 0.29) is 0 Å². The fraction of sp³-hybridized carbons (Fsp3) is 0.538. The molecule has 2 aromatic rings. The summed E-state index contributed by atoms with van der Waals surface area (Å²) in [5.74, 6) is 2.77. The minimum absolute atomic E-state index is 0.751. The molecule has 1 heterocycles. The highest BCUT2D eigenvalue weighted by molar-refractivity contribution is 5.37. The highest BCUT2D eigenvalue weighted by Gasteiger charge is 2.22. The lowest BCUT2D eigenvalue weighted by Gasteiger charge is -2.28. The second-order valence-corrected chi connectivity index (χ2v) is 8.78. The smallest absolute Gasteiger partial charge is 0.119 e. The average Bonchev–Trinajstić information content (AvgIpc) is 3.29. The third-order valence-electron chi connectivity index (χ3n) is 6.45. The maximum absolute atomic E-state index is 6.03.